The third-order valence-electron chi connectivity index (χ3n) is 2.36. The molecule has 0 aliphatic carbocycles. The summed E-state index contributed by atoms with van der Waals surface area (Å²) in [5.74, 6) is 3.32. The highest BCUT2D eigenvalue weighted by Crippen LogP contribution is 2.15. The van der Waals surface area contributed by atoms with E-state index in [1.54, 1.807) is 6.92 Å². The molecule has 0 spiro atoms. The number of amides is 1. The van der Waals surface area contributed by atoms with Crippen molar-refractivity contribution < 1.29 is 9.53 Å². The maximum atomic E-state index is 11.0. The lowest BCUT2D eigenvalue weighted by molar-refractivity contribution is -0.121. The Hall–Kier alpha value is -2.28. The quantitative estimate of drug-likeness (QED) is 0.783. The van der Waals surface area contributed by atoms with Crippen molar-refractivity contribution in [3.8, 4) is 17.8 Å². The van der Waals surface area contributed by atoms with E-state index in [0.29, 0.717) is 18.6 Å². The highest BCUT2D eigenvalue weighted by atomic mass is 16.5. The smallest absolute Gasteiger partial charge is 0.240 e. The average Bonchev–Trinajstić information content (AvgIpc) is 2.38. The highest BCUT2D eigenvalue weighted by molar-refractivity contribution is 6.04. The summed E-state index contributed by atoms with van der Waals surface area (Å²) < 4.78 is 5.14. The number of hydrogen-bond donors (Lipinski definition) is 1. The number of nitrogens with zero attached hydrogens (tertiary/aromatic N) is 1. The predicted octanol–water partition coefficient (Wildman–Crippen LogP) is 1.66. The molecule has 1 aromatic carbocycles. The van der Waals surface area contributed by atoms with Gasteiger partial charge in [-0.3, -0.25) is 4.79 Å². The Labute approximate surface area is 99.7 Å². The molecule has 4 nitrogen and oxygen atoms in total. The van der Waals surface area contributed by atoms with Gasteiger partial charge in [0.05, 0.1) is 5.71 Å². The maximum absolute atomic E-state index is 11.0. The first-order valence-corrected chi connectivity index (χ1v) is 5.34. The molecule has 2 rings (SSSR count). The third kappa shape index (κ3) is 2.85. The van der Waals surface area contributed by atoms with Gasteiger partial charge in [-0.05, 0) is 29.8 Å². The molecule has 1 aliphatic heterocycles. The molecule has 0 unspecified atom stereocenters. The summed E-state index contributed by atoms with van der Waals surface area (Å²) in [6.45, 7) is 1.72. The van der Waals surface area contributed by atoms with E-state index in [-0.39, 0.29) is 5.91 Å². The molecule has 0 atom stereocenters. The number of hydrazone groups is 1. The fourth-order valence-corrected chi connectivity index (χ4v) is 1.51. The minimum atomic E-state index is -0.0353. The van der Waals surface area contributed by atoms with Gasteiger partial charge < -0.3 is 4.74 Å². The fraction of sp³-hybridized carbons (Fsp3) is 0.231. The Morgan fingerprint density at radius 1 is 1.29 bits per heavy atom. The lowest BCUT2D eigenvalue weighted by atomic mass is 10.0. The van der Waals surface area contributed by atoms with Crippen molar-refractivity contribution in [1.82, 2.24) is 5.43 Å². The van der Waals surface area contributed by atoms with Crippen LogP contribution in [0.3, 0.4) is 0 Å². The van der Waals surface area contributed by atoms with Gasteiger partial charge in [-0.2, -0.15) is 5.10 Å². The van der Waals surface area contributed by atoms with E-state index in [4.69, 9.17) is 4.74 Å². The Balaban J connectivity index is 2.11. The zero-order valence-corrected chi connectivity index (χ0v) is 9.49. The minimum absolute atomic E-state index is 0.0353. The van der Waals surface area contributed by atoms with Crippen LogP contribution in [-0.2, 0) is 4.79 Å². The second-order valence-electron chi connectivity index (χ2n) is 3.57. The molecule has 1 aliphatic rings. The highest BCUT2D eigenvalue weighted by Gasteiger charge is 2.12. The summed E-state index contributed by atoms with van der Waals surface area (Å²) >= 11 is 0. The minimum Gasteiger partial charge on any atom is -0.408 e. The number of carbonyl (C=O) groups excluding carboxylic acids is 1. The van der Waals surface area contributed by atoms with Crippen LogP contribution >= 0.6 is 0 Å². The first kappa shape index (κ1) is 11.2. The summed E-state index contributed by atoms with van der Waals surface area (Å²) in [4.78, 5) is 11.0. The van der Waals surface area contributed by atoms with Gasteiger partial charge in [0.25, 0.3) is 0 Å². The van der Waals surface area contributed by atoms with Gasteiger partial charge in [0, 0.05) is 19.8 Å². The van der Waals surface area contributed by atoms with Gasteiger partial charge in [0.1, 0.15) is 11.9 Å². The molecule has 0 saturated heterocycles. The van der Waals surface area contributed by atoms with Crippen LogP contribution in [0.4, 0.5) is 0 Å². The molecule has 4 heteroatoms. The predicted molar refractivity (Wildman–Crippen MR) is 64.4 cm³/mol. The van der Waals surface area contributed by atoms with E-state index in [2.05, 4.69) is 22.6 Å². The normalized spacial score (nSPS) is 14.2. The monoisotopic (exact) mass is 228 g/mol. The summed E-state index contributed by atoms with van der Waals surface area (Å²) in [5, 5.41) is 4.02. The molecule has 1 N–H and O–H groups in total. The molecule has 0 saturated carbocycles. The lowest BCUT2D eigenvalue weighted by Crippen LogP contribution is -2.25. The zero-order chi connectivity index (χ0) is 12.1. The molecule has 1 heterocycles. The van der Waals surface area contributed by atoms with Crippen molar-refractivity contribution in [3.05, 3.63) is 29.8 Å². The van der Waals surface area contributed by atoms with Crippen molar-refractivity contribution in [3.63, 3.8) is 0 Å². The number of ether oxygens (including phenoxy) is 1. The van der Waals surface area contributed by atoms with Crippen LogP contribution in [0.25, 0.3) is 0 Å². The van der Waals surface area contributed by atoms with Crippen molar-refractivity contribution in [2.24, 2.45) is 5.10 Å². The third-order valence-corrected chi connectivity index (χ3v) is 2.36. The van der Waals surface area contributed by atoms with E-state index in [0.717, 1.165) is 11.3 Å². The largest absolute Gasteiger partial charge is 0.408 e. The maximum Gasteiger partial charge on any atom is 0.240 e. The number of rotatable bonds is 2. The van der Waals surface area contributed by atoms with Crippen molar-refractivity contribution in [2.45, 2.75) is 19.8 Å². The van der Waals surface area contributed by atoms with E-state index in [1.807, 2.05) is 24.3 Å². The molecule has 1 amide bonds. The van der Waals surface area contributed by atoms with Crippen LogP contribution < -0.4 is 10.2 Å². The van der Waals surface area contributed by atoms with Gasteiger partial charge >= 0.3 is 0 Å². The van der Waals surface area contributed by atoms with Gasteiger partial charge in [-0.1, -0.05) is 5.92 Å². The van der Waals surface area contributed by atoms with Crippen LogP contribution in [0.5, 0.6) is 5.75 Å². The number of nitrogens with one attached hydrogen (secondary N) is 1. The summed E-state index contributed by atoms with van der Waals surface area (Å²) in [6.07, 6.45) is 3.68. The number of carbonyl (C=O) groups is 1. The van der Waals surface area contributed by atoms with Gasteiger partial charge in [0.15, 0.2) is 0 Å². The Bertz CT molecular complexity index is 506. The van der Waals surface area contributed by atoms with Gasteiger partial charge in [-0.15, -0.1) is 0 Å². The van der Waals surface area contributed by atoms with E-state index < -0.39 is 0 Å². The van der Waals surface area contributed by atoms with Crippen LogP contribution in [0.2, 0.25) is 0 Å². The molecular formula is C13H12N2O2. The topological polar surface area (TPSA) is 50.7 Å². The molecule has 0 radical (unpaired) electrons. The van der Waals surface area contributed by atoms with Crippen LogP contribution in [0, 0.1) is 12.0 Å². The second kappa shape index (κ2) is 5.17. The van der Waals surface area contributed by atoms with E-state index in [1.165, 1.54) is 0 Å². The average molecular weight is 228 g/mol. The number of benzene rings is 1. The van der Waals surface area contributed by atoms with Crippen LogP contribution in [0.15, 0.2) is 29.4 Å². The first-order chi connectivity index (χ1) is 8.29. The molecule has 0 aromatic heterocycles. The molecule has 0 bridgehead atoms. The summed E-state index contributed by atoms with van der Waals surface area (Å²) in [7, 11) is 0. The fourth-order valence-electron chi connectivity index (χ4n) is 1.51. The SMILES string of the molecule is CC#COc1ccc(C2=NNC(=O)CC2)cc1. The Kier molecular flexibility index (Phi) is 3.41. The lowest BCUT2D eigenvalue weighted by Gasteiger charge is -2.11. The van der Waals surface area contributed by atoms with E-state index in [9.17, 15) is 4.79 Å². The van der Waals surface area contributed by atoms with Crippen LogP contribution in [0.1, 0.15) is 25.3 Å². The van der Waals surface area contributed by atoms with Gasteiger partial charge in [0.2, 0.25) is 5.91 Å². The standard InChI is InChI=1S/C13H12N2O2/c1-2-9-17-11-5-3-10(4-6-11)12-7-8-13(16)15-14-12/h3-6H,7-8H2,1H3,(H,15,16). The molecule has 86 valence electrons. The first-order valence-electron chi connectivity index (χ1n) is 5.34. The second-order valence-corrected chi connectivity index (χ2v) is 3.57. The Morgan fingerprint density at radius 2 is 2.06 bits per heavy atom. The Morgan fingerprint density at radius 3 is 2.65 bits per heavy atom. The van der Waals surface area contributed by atoms with Crippen molar-refractivity contribution in [2.75, 3.05) is 0 Å². The zero-order valence-electron chi connectivity index (χ0n) is 9.49. The van der Waals surface area contributed by atoms with Crippen LogP contribution in [-0.4, -0.2) is 11.6 Å². The van der Waals surface area contributed by atoms with E-state index >= 15 is 0 Å². The molecule has 17 heavy (non-hydrogen) atoms. The molecule has 1 aromatic rings. The van der Waals surface area contributed by atoms with Gasteiger partial charge in [-0.25, -0.2) is 5.43 Å². The van der Waals surface area contributed by atoms with Crippen molar-refractivity contribution in [1.29, 1.82) is 0 Å². The summed E-state index contributed by atoms with van der Waals surface area (Å²) in [6, 6.07) is 7.48. The number of hydrogen-bond acceptors (Lipinski definition) is 3. The van der Waals surface area contributed by atoms with Crippen molar-refractivity contribution >= 4 is 11.6 Å². The summed E-state index contributed by atoms with van der Waals surface area (Å²) in [5.41, 5.74) is 4.35. The molecule has 0 fully saturated rings. The molecular weight excluding hydrogens is 216 g/mol.